The van der Waals surface area contributed by atoms with Crippen LogP contribution >= 0.6 is 0 Å². The molecular weight excluding hydrogens is 310 g/mol. The van der Waals surface area contributed by atoms with Crippen molar-refractivity contribution in [3.63, 3.8) is 0 Å². The van der Waals surface area contributed by atoms with Gasteiger partial charge in [0.2, 0.25) is 0 Å². The second-order valence-corrected chi connectivity index (χ2v) is 6.15. The van der Waals surface area contributed by atoms with E-state index in [4.69, 9.17) is 9.47 Å². The standard InChI is InChI=1S/C18H21NO5/c1-2-23-17(21)16-14-9-8-13(10-15(16)20)19(14)18(22)24-11-12-6-4-3-5-7-12/h3-7,13-14,16H,2,8-11H2,1H3. The van der Waals surface area contributed by atoms with Crippen molar-refractivity contribution in [3.05, 3.63) is 35.9 Å². The van der Waals surface area contributed by atoms with Crippen molar-refractivity contribution in [1.82, 2.24) is 4.90 Å². The van der Waals surface area contributed by atoms with Crippen LogP contribution < -0.4 is 0 Å². The van der Waals surface area contributed by atoms with Crippen molar-refractivity contribution in [2.24, 2.45) is 5.92 Å². The molecule has 2 aliphatic heterocycles. The van der Waals surface area contributed by atoms with E-state index in [1.807, 2.05) is 30.3 Å². The molecule has 3 unspecified atom stereocenters. The van der Waals surface area contributed by atoms with E-state index in [0.29, 0.717) is 12.8 Å². The Bertz CT molecular complexity index is 630. The Hall–Kier alpha value is -2.37. The number of fused-ring (bicyclic) bond motifs is 2. The lowest BCUT2D eigenvalue weighted by atomic mass is 9.89. The lowest BCUT2D eigenvalue weighted by Gasteiger charge is -2.37. The lowest BCUT2D eigenvalue weighted by molar-refractivity contribution is -0.155. The minimum atomic E-state index is -0.882. The maximum atomic E-state index is 12.5. The van der Waals surface area contributed by atoms with Crippen molar-refractivity contribution < 1.29 is 23.9 Å². The molecule has 0 aromatic heterocycles. The molecule has 6 nitrogen and oxygen atoms in total. The van der Waals surface area contributed by atoms with Gasteiger partial charge in [0.05, 0.1) is 12.6 Å². The van der Waals surface area contributed by atoms with Gasteiger partial charge in [-0.1, -0.05) is 30.3 Å². The summed E-state index contributed by atoms with van der Waals surface area (Å²) in [5.41, 5.74) is 0.897. The van der Waals surface area contributed by atoms with Crippen LogP contribution in [0.3, 0.4) is 0 Å². The number of piperidine rings is 1. The maximum absolute atomic E-state index is 12.5. The fourth-order valence-electron chi connectivity index (χ4n) is 3.61. The highest BCUT2D eigenvalue weighted by Crippen LogP contribution is 2.38. The number of amides is 1. The zero-order valence-corrected chi connectivity index (χ0v) is 13.6. The van der Waals surface area contributed by atoms with Crippen molar-refractivity contribution in [3.8, 4) is 0 Å². The summed E-state index contributed by atoms with van der Waals surface area (Å²) >= 11 is 0. The molecule has 0 aliphatic carbocycles. The molecule has 3 atom stereocenters. The zero-order valence-electron chi connectivity index (χ0n) is 13.6. The van der Waals surface area contributed by atoms with Gasteiger partial charge in [0.25, 0.3) is 0 Å². The van der Waals surface area contributed by atoms with Gasteiger partial charge in [-0.3, -0.25) is 9.59 Å². The summed E-state index contributed by atoms with van der Waals surface area (Å²) in [6, 6.07) is 8.79. The molecule has 24 heavy (non-hydrogen) atoms. The molecule has 0 spiro atoms. The molecule has 1 aromatic rings. The number of carbonyl (C=O) groups is 3. The van der Waals surface area contributed by atoms with Gasteiger partial charge in [0, 0.05) is 12.5 Å². The van der Waals surface area contributed by atoms with Crippen LogP contribution in [0.5, 0.6) is 0 Å². The third-order valence-corrected chi connectivity index (χ3v) is 4.67. The summed E-state index contributed by atoms with van der Waals surface area (Å²) in [4.78, 5) is 38.4. The summed E-state index contributed by atoms with van der Waals surface area (Å²) in [7, 11) is 0. The molecule has 0 N–H and O–H groups in total. The first-order valence-electron chi connectivity index (χ1n) is 8.30. The van der Waals surface area contributed by atoms with Gasteiger partial charge in [-0.25, -0.2) is 4.79 Å². The van der Waals surface area contributed by atoms with Crippen molar-refractivity contribution in [2.75, 3.05) is 6.61 Å². The Kier molecular flexibility index (Phi) is 4.83. The molecule has 2 bridgehead atoms. The van der Waals surface area contributed by atoms with E-state index in [0.717, 1.165) is 5.56 Å². The Morgan fingerprint density at radius 1 is 1.17 bits per heavy atom. The summed E-state index contributed by atoms with van der Waals surface area (Å²) in [6.45, 7) is 2.10. The topological polar surface area (TPSA) is 72.9 Å². The third kappa shape index (κ3) is 3.13. The Morgan fingerprint density at radius 3 is 2.62 bits per heavy atom. The second kappa shape index (κ2) is 7.03. The second-order valence-electron chi connectivity index (χ2n) is 6.15. The van der Waals surface area contributed by atoms with Gasteiger partial charge >= 0.3 is 12.1 Å². The number of carbonyl (C=O) groups excluding carboxylic acids is 3. The SMILES string of the molecule is CCOC(=O)C1C(=O)CC2CCC1N2C(=O)OCc1ccccc1. The molecule has 2 heterocycles. The largest absolute Gasteiger partial charge is 0.465 e. The van der Waals surface area contributed by atoms with Crippen LogP contribution in [0.2, 0.25) is 0 Å². The van der Waals surface area contributed by atoms with Crippen LogP contribution in [0, 0.1) is 5.92 Å². The average Bonchev–Trinajstić information content (AvgIpc) is 2.89. The predicted octanol–water partition coefficient (Wildman–Crippen LogP) is 2.31. The molecule has 0 saturated carbocycles. The molecule has 0 radical (unpaired) electrons. The fourth-order valence-corrected chi connectivity index (χ4v) is 3.61. The lowest BCUT2D eigenvalue weighted by Crippen LogP contribution is -2.54. The van der Waals surface area contributed by atoms with Crippen LogP contribution in [0.4, 0.5) is 4.79 Å². The number of hydrogen-bond donors (Lipinski definition) is 0. The van der Waals surface area contributed by atoms with E-state index in [-0.39, 0.29) is 31.5 Å². The van der Waals surface area contributed by atoms with Gasteiger partial charge in [0.1, 0.15) is 12.5 Å². The summed E-state index contributed by atoms with van der Waals surface area (Å²) < 4.78 is 10.4. The highest BCUT2D eigenvalue weighted by molar-refractivity contribution is 6.01. The van der Waals surface area contributed by atoms with Crippen LogP contribution in [0.25, 0.3) is 0 Å². The molecule has 2 saturated heterocycles. The summed E-state index contributed by atoms with van der Waals surface area (Å²) in [5, 5.41) is 0. The van der Waals surface area contributed by atoms with Crippen molar-refractivity contribution in [1.29, 1.82) is 0 Å². The van der Waals surface area contributed by atoms with E-state index < -0.39 is 24.0 Å². The molecule has 3 rings (SSSR count). The number of benzene rings is 1. The molecular formula is C18H21NO5. The third-order valence-electron chi connectivity index (χ3n) is 4.67. The Morgan fingerprint density at radius 2 is 1.92 bits per heavy atom. The number of hydrogen-bond acceptors (Lipinski definition) is 5. The van der Waals surface area contributed by atoms with Crippen LogP contribution in [0.15, 0.2) is 30.3 Å². The average molecular weight is 331 g/mol. The van der Waals surface area contributed by atoms with E-state index in [2.05, 4.69) is 0 Å². The predicted molar refractivity (Wildman–Crippen MR) is 85.0 cm³/mol. The van der Waals surface area contributed by atoms with Gasteiger partial charge in [0.15, 0.2) is 5.78 Å². The number of nitrogens with zero attached hydrogens (tertiary/aromatic N) is 1. The Labute approximate surface area is 140 Å². The molecule has 1 aromatic carbocycles. The molecule has 128 valence electrons. The van der Waals surface area contributed by atoms with Gasteiger partial charge in [-0.15, -0.1) is 0 Å². The normalized spacial score (nSPS) is 25.5. The Balaban J connectivity index is 1.69. The summed E-state index contributed by atoms with van der Waals surface area (Å²) in [6.07, 6.45) is 1.07. The number of ketones is 1. The highest BCUT2D eigenvalue weighted by Gasteiger charge is 2.52. The first-order valence-corrected chi connectivity index (χ1v) is 8.30. The smallest absolute Gasteiger partial charge is 0.410 e. The van der Waals surface area contributed by atoms with Crippen LogP contribution in [-0.2, 0) is 25.7 Å². The van der Waals surface area contributed by atoms with E-state index in [9.17, 15) is 14.4 Å². The van der Waals surface area contributed by atoms with E-state index in [1.54, 1.807) is 11.8 Å². The zero-order chi connectivity index (χ0) is 17.1. The van der Waals surface area contributed by atoms with E-state index >= 15 is 0 Å². The highest BCUT2D eigenvalue weighted by atomic mass is 16.6. The molecule has 2 fully saturated rings. The molecule has 2 aliphatic rings. The number of ether oxygens (including phenoxy) is 2. The number of esters is 1. The van der Waals surface area contributed by atoms with Crippen LogP contribution in [0.1, 0.15) is 31.7 Å². The van der Waals surface area contributed by atoms with Gasteiger partial charge < -0.3 is 14.4 Å². The quantitative estimate of drug-likeness (QED) is 0.625. The monoisotopic (exact) mass is 331 g/mol. The van der Waals surface area contributed by atoms with Gasteiger partial charge in [-0.2, -0.15) is 0 Å². The fraction of sp³-hybridized carbons (Fsp3) is 0.500. The van der Waals surface area contributed by atoms with Crippen LogP contribution in [-0.4, -0.2) is 41.4 Å². The first-order chi connectivity index (χ1) is 11.6. The van der Waals surface area contributed by atoms with Gasteiger partial charge in [-0.05, 0) is 25.3 Å². The van der Waals surface area contributed by atoms with Crippen molar-refractivity contribution >= 4 is 17.8 Å². The van der Waals surface area contributed by atoms with Crippen molar-refractivity contribution in [2.45, 2.75) is 44.9 Å². The van der Waals surface area contributed by atoms with E-state index in [1.165, 1.54) is 0 Å². The number of rotatable bonds is 4. The summed E-state index contributed by atoms with van der Waals surface area (Å²) in [5.74, 6) is -1.55. The maximum Gasteiger partial charge on any atom is 0.410 e. The molecule has 1 amide bonds. The minimum absolute atomic E-state index is 0.131. The first kappa shape index (κ1) is 16.5. The minimum Gasteiger partial charge on any atom is -0.465 e. The number of Topliss-reactive ketones (excluding diaryl/α,β-unsaturated/α-hetero) is 1. The molecule has 6 heteroatoms.